The van der Waals surface area contributed by atoms with Crippen LogP contribution in [0.3, 0.4) is 0 Å². The molecule has 0 bridgehead atoms. The Morgan fingerprint density at radius 2 is 0.500 bits per heavy atom. The van der Waals surface area contributed by atoms with Crippen LogP contribution in [-0.4, -0.2) is 36.4 Å². The zero-order valence-electron chi connectivity index (χ0n) is 56.0. The minimum atomic E-state index is -0.788. The number of aliphatic hydroxyl groups excluding tert-OH is 1. The van der Waals surface area contributed by atoms with Crippen molar-refractivity contribution in [3.05, 3.63) is 158 Å². The van der Waals surface area contributed by atoms with Crippen molar-refractivity contribution in [2.24, 2.45) is 0 Å². The third kappa shape index (κ3) is 72.0. The topological polar surface area (TPSA) is 72.8 Å². The van der Waals surface area contributed by atoms with Gasteiger partial charge in [-0.3, -0.25) is 9.59 Å². The normalized spacial score (nSPS) is 13.2. The summed E-state index contributed by atoms with van der Waals surface area (Å²) in [4.78, 5) is 24.7. The first-order chi connectivity index (χ1) is 42.6. The fraction of sp³-hybridized carbons (Fsp3) is 0.654. The maximum absolute atomic E-state index is 12.4. The highest BCUT2D eigenvalue weighted by molar-refractivity contribution is 5.70. The summed E-state index contributed by atoms with van der Waals surface area (Å²) in [5.74, 6) is -0.599. The van der Waals surface area contributed by atoms with E-state index in [9.17, 15) is 14.7 Å². The zero-order chi connectivity index (χ0) is 61.9. The Kier molecular flexibility index (Phi) is 70.9. The Morgan fingerprint density at radius 1 is 0.279 bits per heavy atom. The molecule has 0 aliphatic rings. The molecule has 0 aliphatic carbocycles. The average molecular weight is 1190 g/mol. The molecule has 0 heterocycles. The summed E-state index contributed by atoms with van der Waals surface area (Å²) in [6, 6.07) is 0. The molecule has 0 aromatic heterocycles. The number of hydrogen-bond acceptors (Lipinski definition) is 5. The minimum absolute atomic E-state index is 0.0753. The van der Waals surface area contributed by atoms with E-state index in [0.717, 1.165) is 122 Å². The SMILES string of the molecule is CC/C=C\C/C=C\C/C=C\C/C=C\C/C=C\C/C=C\C/C=C\C/C=C\C/C=C\C/C=C\CCCCCCCCCCC(=O)OC(CO)COC(=O)CCCCCCCCCCCCCCCCCCCC/C=C\C/C=C\C/C=C\CCCCCCC. The molecule has 0 rings (SSSR count). The van der Waals surface area contributed by atoms with Gasteiger partial charge in [0.05, 0.1) is 6.61 Å². The molecule has 0 aliphatic heterocycles. The number of ether oxygens (including phenoxy) is 2. The van der Waals surface area contributed by atoms with Crippen LogP contribution in [0.5, 0.6) is 0 Å². The maximum Gasteiger partial charge on any atom is 0.306 e. The first kappa shape index (κ1) is 81.5. The number of carbonyl (C=O) groups is 2. The number of carbonyl (C=O) groups excluding carboxylic acids is 2. The first-order valence-electron chi connectivity index (χ1n) is 36.0. The van der Waals surface area contributed by atoms with E-state index in [-0.39, 0.29) is 25.2 Å². The van der Waals surface area contributed by atoms with Gasteiger partial charge in [-0.2, -0.15) is 0 Å². The molecule has 0 saturated heterocycles. The van der Waals surface area contributed by atoms with E-state index in [1.54, 1.807) is 0 Å². The summed E-state index contributed by atoms with van der Waals surface area (Å²) in [7, 11) is 0. The van der Waals surface area contributed by atoms with Gasteiger partial charge in [0.25, 0.3) is 0 Å². The van der Waals surface area contributed by atoms with Gasteiger partial charge in [-0.1, -0.05) is 339 Å². The number of rotatable bonds is 65. The van der Waals surface area contributed by atoms with Gasteiger partial charge in [0.2, 0.25) is 0 Å². The molecule has 1 atom stereocenters. The Hall–Kier alpha value is -4.48. The number of aliphatic hydroxyl groups is 1. The molecular formula is C81H134O5. The molecular weight excluding hydrogens is 1050 g/mol. The van der Waals surface area contributed by atoms with Crippen molar-refractivity contribution in [1.82, 2.24) is 0 Å². The van der Waals surface area contributed by atoms with Crippen molar-refractivity contribution in [1.29, 1.82) is 0 Å². The molecule has 1 N–H and O–H groups in total. The fourth-order valence-corrected chi connectivity index (χ4v) is 9.95. The van der Waals surface area contributed by atoms with Crippen molar-refractivity contribution in [2.75, 3.05) is 13.2 Å². The Morgan fingerprint density at radius 3 is 0.756 bits per heavy atom. The lowest BCUT2D eigenvalue weighted by molar-refractivity contribution is -0.161. The van der Waals surface area contributed by atoms with E-state index >= 15 is 0 Å². The number of allylic oxidation sites excluding steroid dienone is 26. The van der Waals surface area contributed by atoms with Gasteiger partial charge in [0.15, 0.2) is 6.10 Å². The number of unbranched alkanes of at least 4 members (excludes halogenated alkanes) is 31. The highest BCUT2D eigenvalue weighted by Gasteiger charge is 2.16. The summed E-state index contributed by atoms with van der Waals surface area (Å²) in [6.07, 6.45) is 114. The maximum atomic E-state index is 12.4. The average Bonchev–Trinajstić information content (AvgIpc) is 3.55. The third-order valence-electron chi connectivity index (χ3n) is 15.3. The summed E-state index contributed by atoms with van der Waals surface area (Å²) in [6.45, 7) is 4.03. The second-order valence-corrected chi connectivity index (χ2v) is 23.6. The summed E-state index contributed by atoms with van der Waals surface area (Å²) >= 11 is 0. The van der Waals surface area contributed by atoms with E-state index in [2.05, 4.69) is 172 Å². The van der Waals surface area contributed by atoms with Crippen LogP contribution < -0.4 is 0 Å². The van der Waals surface area contributed by atoms with Crippen LogP contribution in [0.1, 0.15) is 322 Å². The largest absolute Gasteiger partial charge is 0.462 e. The van der Waals surface area contributed by atoms with Crippen LogP contribution in [-0.2, 0) is 19.1 Å². The lowest BCUT2D eigenvalue weighted by Gasteiger charge is -2.15. The van der Waals surface area contributed by atoms with Gasteiger partial charge in [0, 0.05) is 12.8 Å². The molecule has 1 unspecified atom stereocenters. The quantitative estimate of drug-likeness (QED) is 0.0373. The second kappa shape index (κ2) is 74.8. The van der Waals surface area contributed by atoms with E-state index in [0.29, 0.717) is 12.8 Å². The van der Waals surface area contributed by atoms with Crippen LogP contribution in [0.2, 0.25) is 0 Å². The zero-order valence-corrected chi connectivity index (χ0v) is 56.0. The number of esters is 2. The molecule has 0 fully saturated rings. The van der Waals surface area contributed by atoms with Crippen molar-refractivity contribution < 1.29 is 24.2 Å². The van der Waals surface area contributed by atoms with Crippen molar-refractivity contribution in [2.45, 2.75) is 328 Å². The lowest BCUT2D eigenvalue weighted by Crippen LogP contribution is -2.28. The molecule has 86 heavy (non-hydrogen) atoms. The Labute approximate surface area is 532 Å². The van der Waals surface area contributed by atoms with Crippen molar-refractivity contribution >= 4 is 11.9 Å². The van der Waals surface area contributed by atoms with E-state index in [1.165, 1.54) is 173 Å². The molecule has 0 aromatic carbocycles. The van der Waals surface area contributed by atoms with Gasteiger partial charge >= 0.3 is 11.9 Å². The predicted octanol–water partition coefficient (Wildman–Crippen LogP) is 25.4. The fourth-order valence-electron chi connectivity index (χ4n) is 9.95. The highest BCUT2D eigenvalue weighted by atomic mass is 16.6. The van der Waals surface area contributed by atoms with Gasteiger partial charge in [0.1, 0.15) is 6.61 Å². The van der Waals surface area contributed by atoms with Crippen LogP contribution >= 0.6 is 0 Å². The summed E-state index contributed by atoms with van der Waals surface area (Å²) < 4.78 is 10.8. The molecule has 0 amide bonds. The molecule has 0 radical (unpaired) electrons. The molecule has 0 spiro atoms. The lowest BCUT2D eigenvalue weighted by atomic mass is 10.0. The molecule has 5 heteroatoms. The van der Waals surface area contributed by atoms with Crippen molar-refractivity contribution in [3.63, 3.8) is 0 Å². The Bertz CT molecular complexity index is 1830. The first-order valence-corrected chi connectivity index (χ1v) is 36.0. The highest BCUT2D eigenvalue weighted by Crippen LogP contribution is 2.17. The van der Waals surface area contributed by atoms with Crippen LogP contribution in [0.15, 0.2) is 158 Å². The molecule has 0 aromatic rings. The van der Waals surface area contributed by atoms with Crippen LogP contribution in [0.4, 0.5) is 0 Å². The second-order valence-electron chi connectivity index (χ2n) is 23.6. The van der Waals surface area contributed by atoms with Gasteiger partial charge in [-0.15, -0.1) is 0 Å². The van der Waals surface area contributed by atoms with E-state index in [4.69, 9.17) is 9.47 Å². The Balaban J connectivity index is 3.54. The number of hydrogen-bond donors (Lipinski definition) is 1. The smallest absolute Gasteiger partial charge is 0.306 e. The predicted molar refractivity (Wildman–Crippen MR) is 380 cm³/mol. The van der Waals surface area contributed by atoms with Gasteiger partial charge in [-0.25, -0.2) is 0 Å². The molecule has 0 saturated carbocycles. The van der Waals surface area contributed by atoms with Crippen molar-refractivity contribution in [3.8, 4) is 0 Å². The minimum Gasteiger partial charge on any atom is -0.462 e. The van der Waals surface area contributed by atoms with Gasteiger partial charge < -0.3 is 14.6 Å². The van der Waals surface area contributed by atoms with Gasteiger partial charge in [-0.05, 0) is 128 Å². The summed E-state index contributed by atoms with van der Waals surface area (Å²) in [5, 5.41) is 9.71. The van der Waals surface area contributed by atoms with Crippen LogP contribution in [0.25, 0.3) is 0 Å². The molecule has 488 valence electrons. The molecule has 5 nitrogen and oxygen atoms in total. The van der Waals surface area contributed by atoms with E-state index < -0.39 is 6.10 Å². The van der Waals surface area contributed by atoms with E-state index in [1.807, 2.05) is 0 Å². The third-order valence-corrected chi connectivity index (χ3v) is 15.3. The monoisotopic (exact) mass is 1190 g/mol. The van der Waals surface area contributed by atoms with Crippen LogP contribution in [0, 0.1) is 0 Å². The standard InChI is InChI=1S/C81H134O5/c1-3-5-7-9-11-13-15-17-19-21-23-25-27-29-31-33-35-37-38-39-40-41-42-44-46-48-50-52-54-56-58-60-62-64-66-68-70-72-74-76-81(84)86-79(77-82)78-85-80(83)75-73-71-69-67-65-63-61-59-57-55-53-51-49-47-45-43-36-34-32-30-28-26-24-22-20-18-16-14-12-10-8-6-4-2/h5,7,11,13,16-19,22-25,28-31,35,37,39-40,42,44,48,50,54,56,79,82H,3-4,6,8-10,12,14-15,20-21,26-27,32-34,36,38,41,43,45-47,49,51-53,55,57-78H2,1-2H3/b7-5-,13-11-,18-16-,19-17-,24-22-,25-23-,30-28-,31-29-,37-35-,40-39-,44-42-,50-48-,56-54-. The summed E-state index contributed by atoms with van der Waals surface area (Å²) in [5.41, 5.74) is 0.